The summed E-state index contributed by atoms with van der Waals surface area (Å²) in [5.41, 5.74) is 1.26. The minimum absolute atomic E-state index is 0. The van der Waals surface area contributed by atoms with Gasteiger partial charge in [-0.25, -0.2) is 0 Å². The van der Waals surface area contributed by atoms with Gasteiger partial charge in [-0.2, -0.15) is 0 Å². The zero-order chi connectivity index (χ0) is 22.9. The third-order valence-electron chi connectivity index (χ3n) is 7.18. The van der Waals surface area contributed by atoms with Gasteiger partial charge < -0.3 is 25.6 Å². The highest BCUT2D eigenvalue weighted by atomic mass is 35.5. The summed E-state index contributed by atoms with van der Waals surface area (Å²) >= 11 is 1.91. The molecule has 1 aromatic carbocycles. The molecule has 2 amide bonds. The highest BCUT2D eigenvalue weighted by Crippen LogP contribution is 2.43. The molecule has 1 unspecified atom stereocenters. The molecule has 3 aliphatic heterocycles. The molecule has 2 saturated heterocycles. The third kappa shape index (κ3) is 6.02. The number of fused-ring (bicyclic) bond motifs is 2. The monoisotopic (exact) mass is 532 g/mol. The molecule has 0 aromatic heterocycles. The standard InChI is InChI=1S/C24H36N4O3S.2ClH/c1-15(25-4)22(29)27-18-9-11-31-21-13-24(2,3)20(28(21)23(18)30)14-26-17-10-12-32-19-8-6-5-7-16(17)19;;/h5-8,15,17-18,20-21,25-26H,9-14H2,1-4H3,(H,27,29);2*1H/t15?,17-,18+,20-,21+;;/m1../s1. The van der Waals surface area contributed by atoms with Crippen LogP contribution in [0.1, 0.15) is 51.6 Å². The van der Waals surface area contributed by atoms with Crippen LogP contribution in [-0.4, -0.2) is 67.0 Å². The molecule has 4 rings (SSSR count). The van der Waals surface area contributed by atoms with Crippen molar-refractivity contribution >= 4 is 48.4 Å². The van der Waals surface area contributed by atoms with Crippen LogP contribution >= 0.6 is 36.6 Å². The number of hydrogen-bond acceptors (Lipinski definition) is 6. The van der Waals surface area contributed by atoms with Crippen LogP contribution in [0.25, 0.3) is 0 Å². The first-order chi connectivity index (χ1) is 15.3. The van der Waals surface area contributed by atoms with Gasteiger partial charge in [0.2, 0.25) is 11.8 Å². The van der Waals surface area contributed by atoms with Crippen LogP contribution in [0.2, 0.25) is 0 Å². The quantitative estimate of drug-likeness (QED) is 0.522. The largest absolute Gasteiger partial charge is 0.358 e. The summed E-state index contributed by atoms with van der Waals surface area (Å²) in [4.78, 5) is 29.3. The van der Waals surface area contributed by atoms with Crippen LogP contribution in [0.4, 0.5) is 0 Å². The van der Waals surface area contributed by atoms with E-state index in [-0.39, 0.29) is 66.4 Å². The van der Waals surface area contributed by atoms with Crippen molar-refractivity contribution in [2.45, 2.75) is 75.3 Å². The number of carbonyl (C=O) groups excluding carboxylic acids is 2. The molecule has 5 atom stereocenters. The summed E-state index contributed by atoms with van der Waals surface area (Å²) in [7, 11) is 1.74. The second-order valence-electron chi connectivity index (χ2n) is 9.78. The number of thioether (sulfide) groups is 1. The van der Waals surface area contributed by atoms with Crippen LogP contribution in [0, 0.1) is 5.41 Å². The minimum Gasteiger partial charge on any atom is -0.358 e. The van der Waals surface area contributed by atoms with E-state index in [4.69, 9.17) is 4.74 Å². The van der Waals surface area contributed by atoms with Crippen molar-refractivity contribution in [3.8, 4) is 0 Å². The predicted octanol–water partition coefficient (Wildman–Crippen LogP) is 3.12. The Morgan fingerprint density at radius 2 is 1.97 bits per heavy atom. The number of nitrogens with zero attached hydrogens (tertiary/aromatic N) is 1. The number of rotatable bonds is 6. The Balaban J connectivity index is 0.00000204. The lowest BCUT2D eigenvalue weighted by Crippen LogP contribution is -2.56. The maximum Gasteiger partial charge on any atom is 0.247 e. The lowest BCUT2D eigenvalue weighted by molar-refractivity contribution is -0.144. The molecule has 2 fully saturated rings. The van der Waals surface area contributed by atoms with Gasteiger partial charge in [0.15, 0.2) is 0 Å². The molecule has 0 spiro atoms. The molecular weight excluding hydrogens is 495 g/mol. The number of carbonyl (C=O) groups is 2. The molecule has 3 N–H and O–H groups in total. The molecule has 0 saturated carbocycles. The third-order valence-corrected chi connectivity index (χ3v) is 8.30. The van der Waals surface area contributed by atoms with E-state index in [1.807, 2.05) is 16.7 Å². The Kier molecular flexibility index (Phi) is 10.5. The first kappa shape index (κ1) is 29.2. The molecule has 10 heteroatoms. The zero-order valence-electron chi connectivity index (χ0n) is 20.3. The number of benzene rings is 1. The zero-order valence-corrected chi connectivity index (χ0v) is 22.8. The second kappa shape index (κ2) is 12.3. The molecule has 34 heavy (non-hydrogen) atoms. The van der Waals surface area contributed by atoms with E-state index in [2.05, 4.69) is 54.1 Å². The van der Waals surface area contributed by atoms with Crippen molar-refractivity contribution in [1.29, 1.82) is 0 Å². The van der Waals surface area contributed by atoms with E-state index >= 15 is 0 Å². The van der Waals surface area contributed by atoms with Gasteiger partial charge in [-0.05, 0) is 49.6 Å². The molecule has 7 nitrogen and oxygen atoms in total. The fraction of sp³-hybridized carbons (Fsp3) is 0.667. The van der Waals surface area contributed by atoms with Crippen LogP contribution in [-0.2, 0) is 14.3 Å². The van der Waals surface area contributed by atoms with E-state index in [1.165, 1.54) is 10.5 Å². The summed E-state index contributed by atoms with van der Waals surface area (Å²) in [6, 6.07) is 7.98. The average Bonchev–Trinajstić information content (AvgIpc) is 2.95. The summed E-state index contributed by atoms with van der Waals surface area (Å²) in [6.45, 7) is 7.39. The van der Waals surface area contributed by atoms with Gasteiger partial charge in [-0.1, -0.05) is 32.0 Å². The molecule has 0 bridgehead atoms. The van der Waals surface area contributed by atoms with E-state index in [9.17, 15) is 9.59 Å². The van der Waals surface area contributed by atoms with Crippen molar-refractivity contribution in [3.63, 3.8) is 0 Å². The molecule has 0 radical (unpaired) electrons. The number of hydrogen-bond donors (Lipinski definition) is 3. The smallest absolute Gasteiger partial charge is 0.247 e. The summed E-state index contributed by atoms with van der Waals surface area (Å²) < 4.78 is 6.12. The Labute approximate surface area is 219 Å². The van der Waals surface area contributed by atoms with E-state index in [0.717, 1.165) is 18.6 Å². The van der Waals surface area contributed by atoms with E-state index in [0.29, 0.717) is 19.6 Å². The van der Waals surface area contributed by atoms with Gasteiger partial charge in [0.05, 0.1) is 18.7 Å². The highest BCUT2D eigenvalue weighted by Gasteiger charge is 2.51. The Morgan fingerprint density at radius 1 is 1.24 bits per heavy atom. The first-order valence-corrected chi connectivity index (χ1v) is 12.7. The van der Waals surface area contributed by atoms with Gasteiger partial charge in [-0.15, -0.1) is 36.6 Å². The predicted molar refractivity (Wildman–Crippen MR) is 141 cm³/mol. The van der Waals surface area contributed by atoms with Gasteiger partial charge in [0, 0.05) is 23.9 Å². The van der Waals surface area contributed by atoms with Crippen molar-refractivity contribution in [2.24, 2.45) is 5.41 Å². The van der Waals surface area contributed by atoms with E-state index in [1.54, 1.807) is 14.0 Å². The fourth-order valence-corrected chi connectivity index (χ4v) is 6.19. The number of halogens is 2. The summed E-state index contributed by atoms with van der Waals surface area (Å²) in [6.07, 6.45) is 2.14. The second-order valence-corrected chi connectivity index (χ2v) is 10.9. The van der Waals surface area contributed by atoms with Crippen LogP contribution in [0.5, 0.6) is 0 Å². The lowest BCUT2D eigenvalue weighted by Gasteiger charge is -2.36. The maximum absolute atomic E-state index is 13.6. The molecule has 192 valence electrons. The van der Waals surface area contributed by atoms with Gasteiger partial charge in [-0.3, -0.25) is 9.59 Å². The fourth-order valence-electron chi connectivity index (χ4n) is 5.07. The minimum atomic E-state index is -0.550. The topological polar surface area (TPSA) is 82.7 Å². The lowest BCUT2D eigenvalue weighted by atomic mass is 9.84. The molecular formula is C24H38Cl2N4O3S. The number of amides is 2. The van der Waals surface area contributed by atoms with Gasteiger partial charge >= 0.3 is 0 Å². The van der Waals surface area contributed by atoms with Crippen molar-refractivity contribution in [3.05, 3.63) is 29.8 Å². The van der Waals surface area contributed by atoms with Crippen molar-refractivity contribution in [1.82, 2.24) is 20.9 Å². The Bertz CT molecular complexity index is 859. The number of likely N-dealkylation sites (N-methyl/N-ethyl adjacent to an activating group) is 1. The summed E-state index contributed by atoms with van der Waals surface area (Å²) in [5.74, 6) is 0.907. The van der Waals surface area contributed by atoms with Gasteiger partial charge in [0.25, 0.3) is 0 Å². The number of nitrogens with one attached hydrogen (secondary N) is 3. The van der Waals surface area contributed by atoms with Crippen LogP contribution < -0.4 is 16.0 Å². The van der Waals surface area contributed by atoms with Crippen molar-refractivity contribution < 1.29 is 14.3 Å². The SMILES string of the molecule is CNC(C)C(=O)N[C@H]1CCO[C@H]2CC(C)(C)[C@@H](CN[C@@H]3CCSc4ccccc43)N2C1=O.Cl.Cl. The highest BCUT2D eigenvalue weighted by molar-refractivity contribution is 7.99. The summed E-state index contributed by atoms with van der Waals surface area (Å²) in [5, 5.41) is 9.65. The maximum atomic E-state index is 13.6. The average molecular weight is 534 g/mol. The van der Waals surface area contributed by atoms with Crippen molar-refractivity contribution in [2.75, 3.05) is 26.0 Å². The van der Waals surface area contributed by atoms with E-state index < -0.39 is 6.04 Å². The molecule has 3 aliphatic rings. The molecule has 1 aromatic rings. The van der Waals surface area contributed by atoms with Crippen LogP contribution in [0.15, 0.2) is 29.2 Å². The number of ether oxygens (including phenoxy) is 1. The van der Waals surface area contributed by atoms with Gasteiger partial charge in [0.1, 0.15) is 12.3 Å². The first-order valence-electron chi connectivity index (χ1n) is 11.7. The molecule has 0 aliphatic carbocycles. The molecule has 3 heterocycles. The Morgan fingerprint density at radius 3 is 2.71 bits per heavy atom. The van der Waals surface area contributed by atoms with Crippen LogP contribution in [0.3, 0.4) is 0 Å². The Hall–Kier alpha value is -1.03. The normalized spacial score (nSPS) is 28.5.